The molecular weight excluding hydrogens is 659 g/mol. The molecule has 0 aliphatic heterocycles. The minimum Gasteiger partial charge on any atom is -0.394 e. The summed E-state index contributed by atoms with van der Waals surface area (Å²) in [6.07, 6.45) is 47.1. The molecule has 53 heavy (non-hydrogen) atoms. The van der Waals surface area contributed by atoms with Crippen LogP contribution in [0, 0.1) is 0 Å². The van der Waals surface area contributed by atoms with Gasteiger partial charge in [-0.15, -0.1) is 0 Å². The van der Waals surface area contributed by atoms with E-state index in [1.54, 1.807) is 0 Å². The predicted molar refractivity (Wildman–Crippen MR) is 228 cm³/mol. The lowest BCUT2D eigenvalue weighted by Gasteiger charge is -2.27. The molecule has 0 rings (SSSR count). The van der Waals surface area contributed by atoms with Gasteiger partial charge in [0, 0.05) is 0 Å². The van der Waals surface area contributed by atoms with E-state index >= 15 is 0 Å². The number of hydrogen-bond acceptors (Lipinski definition) is 5. The van der Waals surface area contributed by atoms with Crippen LogP contribution in [0.25, 0.3) is 0 Å². The van der Waals surface area contributed by atoms with Crippen LogP contribution in [0.4, 0.5) is 0 Å². The molecule has 0 aliphatic carbocycles. The number of unbranched alkanes of at least 4 members (excludes halogenated alkanes) is 32. The van der Waals surface area contributed by atoms with Crippen molar-refractivity contribution in [1.82, 2.24) is 5.32 Å². The van der Waals surface area contributed by atoms with Gasteiger partial charge in [-0.2, -0.15) is 0 Å². The van der Waals surface area contributed by atoms with Gasteiger partial charge in [0.15, 0.2) is 0 Å². The van der Waals surface area contributed by atoms with Crippen molar-refractivity contribution >= 4 is 5.91 Å². The third-order valence-electron chi connectivity index (χ3n) is 11.2. The van der Waals surface area contributed by atoms with Gasteiger partial charge in [0.1, 0.15) is 12.2 Å². The third kappa shape index (κ3) is 36.4. The maximum atomic E-state index is 12.4. The summed E-state index contributed by atoms with van der Waals surface area (Å²) >= 11 is 0. The number of carbonyl (C=O) groups excluding carboxylic acids is 1. The van der Waals surface area contributed by atoms with Crippen LogP contribution in [-0.2, 0) is 4.79 Å². The summed E-state index contributed by atoms with van der Waals surface area (Å²) in [7, 11) is 0. The second-order valence-corrected chi connectivity index (χ2v) is 16.5. The Labute approximate surface area is 330 Å². The van der Waals surface area contributed by atoms with Gasteiger partial charge in [0.25, 0.3) is 0 Å². The molecule has 0 heterocycles. The molecule has 0 aromatic carbocycles. The lowest BCUT2D eigenvalue weighted by atomic mass is 9.99. The normalized spacial score (nSPS) is 14.2. The molecule has 0 saturated carbocycles. The van der Waals surface area contributed by atoms with Crippen molar-refractivity contribution < 1.29 is 25.2 Å². The highest BCUT2D eigenvalue weighted by atomic mass is 16.3. The first-order valence-electron chi connectivity index (χ1n) is 23.6. The van der Waals surface area contributed by atoms with Gasteiger partial charge in [0.2, 0.25) is 5.91 Å². The van der Waals surface area contributed by atoms with E-state index in [0.717, 1.165) is 51.4 Å². The summed E-state index contributed by atoms with van der Waals surface area (Å²) in [5.41, 5.74) is 0. The molecule has 0 radical (unpaired) electrons. The number of amides is 1. The highest BCUT2D eigenvalue weighted by Gasteiger charge is 2.28. The highest BCUT2D eigenvalue weighted by molar-refractivity contribution is 5.80. The Morgan fingerprint density at radius 2 is 0.774 bits per heavy atom. The number of aliphatic hydroxyl groups is 4. The average molecular weight is 752 g/mol. The number of aliphatic hydroxyl groups excluding tert-OH is 4. The molecule has 1 amide bonds. The summed E-state index contributed by atoms with van der Waals surface area (Å²) in [6.45, 7) is 4.00. The standard InChI is InChI=1S/C47H93NO5/c1-3-5-7-9-11-13-14-15-16-17-18-19-20-21-22-23-24-25-26-27-28-29-30-31-33-34-36-38-40-44(50)46(52)43(42-49)48-47(53)45(51)41-39-37-35-32-12-10-8-6-4-2/h10,12,43-46,49-52H,3-9,11,13-42H2,1-2H3,(H,48,53)/b12-10-. The molecule has 0 saturated heterocycles. The molecule has 0 bridgehead atoms. The van der Waals surface area contributed by atoms with Gasteiger partial charge in [-0.1, -0.05) is 231 Å². The van der Waals surface area contributed by atoms with Crippen molar-refractivity contribution in [3.8, 4) is 0 Å². The van der Waals surface area contributed by atoms with Crippen LogP contribution in [0.3, 0.4) is 0 Å². The first kappa shape index (κ1) is 52.0. The number of carbonyl (C=O) groups is 1. The SMILES string of the molecule is CCCC/C=C\CCCCCC(O)C(=O)NC(CO)C(O)C(O)CCCCCCCCCCCCCCCCCCCCCCCCCCCCCC. The van der Waals surface area contributed by atoms with Gasteiger partial charge in [-0.05, 0) is 32.1 Å². The van der Waals surface area contributed by atoms with Crippen molar-refractivity contribution in [3.05, 3.63) is 12.2 Å². The number of hydrogen-bond donors (Lipinski definition) is 5. The second-order valence-electron chi connectivity index (χ2n) is 16.5. The Hall–Kier alpha value is -0.950. The fourth-order valence-corrected chi connectivity index (χ4v) is 7.45. The van der Waals surface area contributed by atoms with Crippen molar-refractivity contribution in [2.75, 3.05) is 6.61 Å². The third-order valence-corrected chi connectivity index (χ3v) is 11.2. The van der Waals surface area contributed by atoms with Crippen LogP contribution in [0.5, 0.6) is 0 Å². The molecule has 6 heteroatoms. The topological polar surface area (TPSA) is 110 Å². The summed E-state index contributed by atoms with van der Waals surface area (Å²) in [6, 6.07) is -0.987. The molecule has 0 fully saturated rings. The van der Waals surface area contributed by atoms with Crippen molar-refractivity contribution in [1.29, 1.82) is 0 Å². The fraction of sp³-hybridized carbons (Fsp3) is 0.936. The van der Waals surface area contributed by atoms with Crippen LogP contribution < -0.4 is 5.32 Å². The maximum absolute atomic E-state index is 12.4. The average Bonchev–Trinajstić information content (AvgIpc) is 3.16. The Kier molecular flexibility index (Phi) is 41.4. The van der Waals surface area contributed by atoms with E-state index in [4.69, 9.17) is 0 Å². The molecule has 0 spiro atoms. The van der Waals surface area contributed by atoms with Crippen LogP contribution in [0.1, 0.15) is 251 Å². The molecule has 0 aromatic heterocycles. The first-order valence-corrected chi connectivity index (χ1v) is 23.6. The summed E-state index contributed by atoms with van der Waals surface area (Å²) < 4.78 is 0. The van der Waals surface area contributed by atoms with Crippen LogP contribution in [-0.4, -0.2) is 57.3 Å². The van der Waals surface area contributed by atoms with E-state index in [2.05, 4.69) is 31.3 Å². The van der Waals surface area contributed by atoms with Crippen molar-refractivity contribution in [3.63, 3.8) is 0 Å². The van der Waals surface area contributed by atoms with Gasteiger partial charge < -0.3 is 25.7 Å². The van der Waals surface area contributed by atoms with Crippen LogP contribution in [0.15, 0.2) is 12.2 Å². The minimum atomic E-state index is -1.26. The lowest BCUT2D eigenvalue weighted by Crippen LogP contribution is -2.53. The van der Waals surface area contributed by atoms with E-state index in [9.17, 15) is 25.2 Å². The second kappa shape index (κ2) is 42.2. The smallest absolute Gasteiger partial charge is 0.249 e. The molecule has 0 aromatic rings. The van der Waals surface area contributed by atoms with Crippen LogP contribution in [0.2, 0.25) is 0 Å². The van der Waals surface area contributed by atoms with Gasteiger partial charge in [-0.3, -0.25) is 4.79 Å². The lowest BCUT2D eigenvalue weighted by molar-refractivity contribution is -0.132. The van der Waals surface area contributed by atoms with E-state index in [-0.39, 0.29) is 0 Å². The zero-order valence-electron chi connectivity index (χ0n) is 35.5. The monoisotopic (exact) mass is 752 g/mol. The Morgan fingerprint density at radius 1 is 0.453 bits per heavy atom. The van der Waals surface area contributed by atoms with E-state index in [1.807, 2.05) is 0 Å². The molecule has 316 valence electrons. The van der Waals surface area contributed by atoms with Gasteiger partial charge >= 0.3 is 0 Å². The Balaban J connectivity index is 3.55. The Bertz CT molecular complexity index is 761. The predicted octanol–water partition coefficient (Wildman–Crippen LogP) is 12.6. The first-order chi connectivity index (χ1) is 26.0. The van der Waals surface area contributed by atoms with Gasteiger partial charge in [-0.25, -0.2) is 0 Å². The van der Waals surface area contributed by atoms with E-state index in [1.165, 1.54) is 173 Å². The molecule has 0 aliphatic rings. The minimum absolute atomic E-state index is 0.349. The number of allylic oxidation sites excluding steroid dienone is 2. The molecule has 6 nitrogen and oxygen atoms in total. The van der Waals surface area contributed by atoms with Crippen molar-refractivity contribution in [2.24, 2.45) is 0 Å². The zero-order valence-corrected chi connectivity index (χ0v) is 35.5. The quantitative estimate of drug-likeness (QED) is 0.0315. The van der Waals surface area contributed by atoms with Crippen molar-refractivity contribution in [2.45, 2.75) is 276 Å². The molecule has 4 unspecified atom stereocenters. The fourth-order valence-electron chi connectivity index (χ4n) is 7.45. The molecule has 4 atom stereocenters. The number of nitrogens with one attached hydrogen (secondary N) is 1. The molecular formula is C47H93NO5. The number of rotatable bonds is 43. The van der Waals surface area contributed by atoms with E-state index < -0.39 is 36.9 Å². The summed E-state index contributed by atoms with van der Waals surface area (Å²) in [5.74, 6) is -0.597. The maximum Gasteiger partial charge on any atom is 0.249 e. The largest absolute Gasteiger partial charge is 0.394 e. The summed E-state index contributed by atoms with van der Waals surface area (Å²) in [4.78, 5) is 12.4. The summed E-state index contributed by atoms with van der Waals surface area (Å²) in [5, 5.41) is 43.5. The highest BCUT2D eigenvalue weighted by Crippen LogP contribution is 2.17. The van der Waals surface area contributed by atoms with Gasteiger partial charge in [0.05, 0.1) is 18.8 Å². The molecule has 5 N–H and O–H groups in total. The van der Waals surface area contributed by atoms with E-state index in [0.29, 0.717) is 12.8 Å². The zero-order chi connectivity index (χ0) is 38.9. The Morgan fingerprint density at radius 3 is 1.15 bits per heavy atom. The van der Waals surface area contributed by atoms with Crippen LogP contribution >= 0.6 is 0 Å².